The van der Waals surface area contributed by atoms with Crippen molar-refractivity contribution in [3.63, 3.8) is 0 Å². The van der Waals surface area contributed by atoms with Gasteiger partial charge in [-0.05, 0) is 48.5 Å². The molecule has 0 aliphatic carbocycles. The summed E-state index contributed by atoms with van der Waals surface area (Å²) >= 11 is 0. The number of ketones is 1. The normalized spacial score (nSPS) is 11.4. The van der Waals surface area contributed by atoms with Crippen LogP contribution in [0.4, 0.5) is 11.4 Å². The lowest BCUT2D eigenvalue weighted by Gasteiger charge is -2.20. The van der Waals surface area contributed by atoms with E-state index in [2.05, 4.69) is 5.32 Å². The number of benzene rings is 2. The van der Waals surface area contributed by atoms with Crippen LogP contribution in [0.1, 0.15) is 27.7 Å². The zero-order valence-electron chi connectivity index (χ0n) is 19.2. The van der Waals surface area contributed by atoms with Crippen molar-refractivity contribution in [2.45, 2.75) is 32.6 Å². The number of anilines is 2. The molecule has 0 bridgehead atoms. The molecule has 0 saturated heterocycles. The van der Waals surface area contributed by atoms with Gasteiger partial charge in [-0.15, -0.1) is 0 Å². The molecule has 0 fully saturated rings. The minimum absolute atomic E-state index is 0.0620. The van der Waals surface area contributed by atoms with Crippen molar-refractivity contribution in [2.24, 2.45) is 5.41 Å². The molecule has 0 radical (unpaired) electrons. The highest BCUT2D eigenvalue weighted by molar-refractivity contribution is 7.92. The highest BCUT2D eigenvalue weighted by Gasteiger charge is 2.23. The second kappa shape index (κ2) is 10.5. The molecule has 0 heterocycles. The highest BCUT2D eigenvalue weighted by atomic mass is 32.2. The number of esters is 1. The third kappa shape index (κ3) is 7.31. The van der Waals surface area contributed by atoms with Crippen molar-refractivity contribution >= 4 is 39.1 Å². The predicted octanol–water partition coefficient (Wildman–Crippen LogP) is 3.01. The summed E-state index contributed by atoms with van der Waals surface area (Å²) < 4.78 is 37.1. The van der Waals surface area contributed by atoms with E-state index in [-0.39, 0.29) is 29.8 Å². The zero-order chi connectivity index (χ0) is 24.8. The molecule has 2 rings (SSSR count). The molecule has 178 valence electrons. The summed E-state index contributed by atoms with van der Waals surface area (Å²) in [5, 5.41) is 2.58. The van der Waals surface area contributed by atoms with Gasteiger partial charge in [0.05, 0.1) is 10.6 Å². The van der Waals surface area contributed by atoms with Crippen LogP contribution in [-0.2, 0) is 29.1 Å². The van der Waals surface area contributed by atoms with E-state index in [1.54, 1.807) is 20.8 Å². The number of sulfonamides is 1. The van der Waals surface area contributed by atoms with Crippen molar-refractivity contribution in [3.8, 4) is 5.75 Å². The van der Waals surface area contributed by atoms with Gasteiger partial charge in [-0.3, -0.25) is 13.9 Å². The van der Waals surface area contributed by atoms with Gasteiger partial charge in [0.1, 0.15) is 5.75 Å². The van der Waals surface area contributed by atoms with Crippen LogP contribution in [0.2, 0.25) is 0 Å². The summed E-state index contributed by atoms with van der Waals surface area (Å²) in [6, 6.07) is 11.9. The van der Waals surface area contributed by atoms with Crippen molar-refractivity contribution in [3.05, 3.63) is 48.5 Å². The van der Waals surface area contributed by atoms with Gasteiger partial charge < -0.3 is 14.8 Å². The summed E-state index contributed by atoms with van der Waals surface area (Å²) in [5.74, 6) is -0.798. The third-order valence-corrected chi connectivity index (χ3v) is 6.39. The Balaban J connectivity index is 1.97. The van der Waals surface area contributed by atoms with Crippen molar-refractivity contribution in [2.75, 3.05) is 29.9 Å². The molecule has 1 amide bonds. The summed E-state index contributed by atoms with van der Waals surface area (Å²) in [7, 11) is -2.42. The van der Waals surface area contributed by atoms with E-state index in [9.17, 15) is 22.8 Å². The monoisotopic (exact) mass is 476 g/mol. The summed E-state index contributed by atoms with van der Waals surface area (Å²) in [6.07, 6.45) is 0. The van der Waals surface area contributed by atoms with Gasteiger partial charge in [0.25, 0.3) is 10.0 Å². The van der Waals surface area contributed by atoms with Crippen molar-refractivity contribution in [1.29, 1.82) is 0 Å². The topological polar surface area (TPSA) is 119 Å². The van der Waals surface area contributed by atoms with Gasteiger partial charge in [-0.25, -0.2) is 13.2 Å². The Morgan fingerprint density at radius 1 is 0.939 bits per heavy atom. The lowest BCUT2D eigenvalue weighted by atomic mass is 9.91. The Labute approximate surface area is 193 Å². The molecule has 0 aromatic heterocycles. The Morgan fingerprint density at radius 2 is 1.52 bits per heavy atom. The molecule has 0 spiro atoms. The van der Waals surface area contributed by atoms with Gasteiger partial charge >= 0.3 is 5.97 Å². The Morgan fingerprint density at radius 3 is 2.03 bits per heavy atom. The number of rotatable bonds is 9. The molecule has 0 atom stereocenters. The highest BCUT2D eigenvalue weighted by Crippen LogP contribution is 2.25. The van der Waals surface area contributed by atoms with Gasteiger partial charge in [0, 0.05) is 25.1 Å². The Bertz CT molecular complexity index is 1100. The van der Waals surface area contributed by atoms with E-state index in [1.165, 1.54) is 62.5 Å². The van der Waals surface area contributed by atoms with Crippen molar-refractivity contribution in [1.82, 2.24) is 0 Å². The Hall–Kier alpha value is -3.40. The number of ether oxygens (including phenoxy) is 2. The van der Waals surface area contributed by atoms with E-state index in [0.717, 1.165) is 4.31 Å². The lowest BCUT2D eigenvalue weighted by molar-refractivity contribution is -0.151. The molecule has 0 aliphatic heterocycles. The van der Waals surface area contributed by atoms with Crippen molar-refractivity contribution < 1.29 is 32.3 Å². The average molecular weight is 477 g/mol. The fraction of sp³-hybridized carbons (Fsp3) is 0.348. The summed E-state index contributed by atoms with van der Waals surface area (Å²) in [6.45, 7) is 5.87. The first-order valence-corrected chi connectivity index (χ1v) is 11.5. The second-order valence-corrected chi connectivity index (χ2v) is 10.3. The van der Waals surface area contributed by atoms with E-state index in [0.29, 0.717) is 17.1 Å². The minimum Gasteiger partial charge on any atom is -0.482 e. The van der Waals surface area contributed by atoms with Crippen LogP contribution in [0.15, 0.2) is 53.4 Å². The molecule has 0 saturated carbocycles. The smallest absolute Gasteiger partial charge is 0.344 e. The Kier molecular flexibility index (Phi) is 8.21. The molecular weight excluding hydrogens is 448 g/mol. The standard InChI is InChI=1S/C23H28N2O7S/c1-16(26)24-17-6-12-20(13-7-17)33(29,30)25(5)18-8-10-19(11-9-18)31-15-22(28)32-14-21(27)23(2,3)4/h6-13H,14-15H2,1-5H3,(H,24,26). The number of amides is 1. The lowest BCUT2D eigenvalue weighted by Crippen LogP contribution is -2.27. The maximum Gasteiger partial charge on any atom is 0.344 e. The SMILES string of the molecule is CC(=O)Nc1ccc(S(=O)(=O)N(C)c2ccc(OCC(=O)OCC(=O)C(C)(C)C)cc2)cc1. The number of Topliss-reactive ketones (excluding diaryl/α,β-unsaturated/α-hetero) is 1. The van der Waals surface area contributed by atoms with Crippen LogP contribution in [-0.4, -0.2) is 46.3 Å². The van der Waals surface area contributed by atoms with Crippen LogP contribution in [0.3, 0.4) is 0 Å². The summed E-state index contributed by atoms with van der Waals surface area (Å²) in [4.78, 5) is 34.8. The molecule has 0 aliphatic rings. The quantitative estimate of drug-likeness (QED) is 0.553. The van der Waals surface area contributed by atoms with Crippen LogP contribution in [0.25, 0.3) is 0 Å². The van der Waals surface area contributed by atoms with E-state index >= 15 is 0 Å². The molecule has 9 nitrogen and oxygen atoms in total. The number of carbonyl (C=O) groups excluding carboxylic acids is 3. The number of carbonyl (C=O) groups is 3. The van der Waals surface area contributed by atoms with Gasteiger partial charge in [-0.1, -0.05) is 20.8 Å². The van der Waals surface area contributed by atoms with Gasteiger partial charge in [-0.2, -0.15) is 0 Å². The summed E-state index contributed by atoms with van der Waals surface area (Å²) in [5.41, 5.74) is 0.273. The first kappa shape index (κ1) is 25.9. The predicted molar refractivity (Wildman–Crippen MR) is 124 cm³/mol. The molecule has 33 heavy (non-hydrogen) atoms. The fourth-order valence-corrected chi connectivity index (χ4v) is 3.70. The van der Waals surface area contributed by atoms with E-state index in [1.807, 2.05) is 0 Å². The first-order chi connectivity index (χ1) is 15.3. The van der Waals surface area contributed by atoms with Gasteiger partial charge in [0.2, 0.25) is 5.91 Å². The number of nitrogens with zero attached hydrogens (tertiary/aromatic N) is 1. The molecule has 0 unspecified atom stereocenters. The van der Waals surface area contributed by atoms with Crippen LogP contribution >= 0.6 is 0 Å². The van der Waals surface area contributed by atoms with E-state index in [4.69, 9.17) is 9.47 Å². The first-order valence-electron chi connectivity index (χ1n) is 10.1. The maximum absolute atomic E-state index is 12.9. The molecule has 2 aromatic rings. The largest absolute Gasteiger partial charge is 0.482 e. The average Bonchev–Trinajstić information content (AvgIpc) is 2.75. The van der Waals surface area contributed by atoms with Crippen LogP contribution in [0.5, 0.6) is 5.75 Å². The molecule has 2 aromatic carbocycles. The number of hydrogen-bond acceptors (Lipinski definition) is 7. The van der Waals surface area contributed by atoms with E-state index < -0.39 is 21.4 Å². The van der Waals surface area contributed by atoms with Crippen LogP contribution < -0.4 is 14.4 Å². The molecular formula is C23H28N2O7S. The van der Waals surface area contributed by atoms with Crippen LogP contribution in [0, 0.1) is 5.41 Å². The molecule has 1 N–H and O–H groups in total. The fourth-order valence-electron chi connectivity index (χ4n) is 2.51. The number of nitrogens with one attached hydrogen (secondary N) is 1. The molecule has 10 heteroatoms. The second-order valence-electron chi connectivity index (χ2n) is 8.29. The zero-order valence-corrected chi connectivity index (χ0v) is 20.1. The van der Waals surface area contributed by atoms with Gasteiger partial charge in [0.15, 0.2) is 19.0 Å². The number of hydrogen-bond donors (Lipinski definition) is 1. The maximum atomic E-state index is 12.9. The minimum atomic E-state index is -3.83. The third-order valence-electron chi connectivity index (χ3n) is 4.59.